The third-order valence-corrected chi connectivity index (χ3v) is 5.30. The highest BCUT2D eigenvalue weighted by atomic mass is 127. The lowest BCUT2D eigenvalue weighted by atomic mass is 10.1. The second-order valence-electron chi connectivity index (χ2n) is 7.56. The Morgan fingerprint density at radius 2 is 1.91 bits per heavy atom. The minimum Gasteiger partial charge on any atom is -0.356 e. The summed E-state index contributed by atoms with van der Waals surface area (Å²) >= 11 is 0. The predicted molar refractivity (Wildman–Crippen MR) is 140 cm³/mol. The number of benzene rings is 2. The molecule has 2 aromatic carbocycles. The van der Waals surface area contributed by atoms with Crippen LogP contribution in [0.4, 0.5) is 0 Å². The zero-order chi connectivity index (χ0) is 21.5. The van der Waals surface area contributed by atoms with Crippen LogP contribution in [0.25, 0.3) is 11.0 Å². The Bertz CT molecular complexity index is 1150. The van der Waals surface area contributed by atoms with Crippen molar-refractivity contribution in [2.24, 2.45) is 4.99 Å². The lowest BCUT2D eigenvalue weighted by Gasteiger charge is -2.13. The molecule has 168 valence electrons. The minimum absolute atomic E-state index is 0. The molecule has 2 N–H and O–H groups in total. The highest BCUT2D eigenvalue weighted by molar-refractivity contribution is 14.0. The number of halogens is 1. The normalized spacial score (nSPS) is 11.4. The number of hydrogen-bond donors (Lipinski definition) is 2. The first-order chi connectivity index (χ1) is 15.2. The van der Waals surface area contributed by atoms with Crippen LogP contribution in [0, 0.1) is 6.92 Å². The lowest BCUT2D eigenvalue weighted by molar-refractivity contribution is 0.624. The Balaban J connectivity index is 0.00000289. The van der Waals surface area contributed by atoms with Gasteiger partial charge in [-0.1, -0.05) is 36.4 Å². The Kier molecular flexibility index (Phi) is 8.66. The predicted octanol–water partition coefficient (Wildman–Crippen LogP) is 3.96. The SMILES string of the molecule is CN=C(NCCCn1c(C)nc2ccccc21)NCc1cccc(Cn2ccnc2)c1.I. The summed E-state index contributed by atoms with van der Waals surface area (Å²) < 4.78 is 4.34. The molecule has 0 aliphatic rings. The maximum atomic E-state index is 4.64. The molecule has 0 atom stereocenters. The quantitative estimate of drug-likeness (QED) is 0.153. The molecule has 0 radical (unpaired) electrons. The van der Waals surface area contributed by atoms with Crippen molar-refractivity contribution in [3.8, 4) is 0 Å². The molecule has 0 saturated carbocycles. The number of guanidine groups is 1. The van der Waals surface area contributed by atoms with E-state index in [1.54, 1.807) is 13.2 Å². The maximum Gasteiger partial charge on any atom is 0.191 e. The van der Waals surface area contributed by atoms with Gasteiger partial charge in [-0.05, 0) is 36.6 Å². The van der Waals surface area contributed by atoms with Gasteiger partial charge in [0.2, 0.25) is 0 Å². The molecule has 32 heavy (non-hydrogen) atoms. The van der Waals surface area contributed by atoms with Crippen LogP contribution in [0.3, 0.4) is 0 Å². The smallest absolute Gasteiger partial charge is 0.191 e. The van der Waals surface area contributed by atoms with E-state index in [1.807, 2.05) is 18.6 Å². The molecule has 0 fully saturated rings. The zero-order valence-corrected chi connectivity index (χ0v) is 20.9. The van der Waals surface area contributed by atoms with Crippen LogP contribution in [0.5, 0.6) is 0 Å². The van der Waals surface area contributed by atoms with E-state index in [-0.39, 0.29) is 24.0 Å². The Labute approximate surface area is 206 Å². The first-order valence-electron chi connectivity index (χ1n) is 10.6. The van der Waals surface area contributed by atoms with Crippen LogP contribution in [0.1, 0.15) is 23.4 Å². The van der Waals surface area contributed by atoms with E-state index in [4.69, 9.17) is 0 Å². The molecular formula is C24H30IN7. The molecule has 0 aliphatic carbocycles. The molecule has 2 aromatic heterocycles. The van der Waals surface area contributed by atoms with Crippen LogP contribution in [-0.4, -0.2) is 38.7 Å². The molecule has 7 nitrogen and oxygen atoms in total. The molecule has 0 unspecified atom stereocenters. The van der Waals surface area contributed by atoms with E-state index >= 15 is 0 Å². The second kappa shape index (κ2) is 11.7. The fraction of sp³-hybridized carbons (Fsp3) is 0.292. The van der Waals surface area contributed by atoms with Gasteiger partial charge in [0.15, 0.2) is 5.96 Å². The van der Waals surface area contributed by atoms with E-state index in [0.717, 1.165) is 49.9 Å². The summed E-state index contributed by atoms with van der Waals surface area (Å²) in [6.07, 6.45) is 6.61. The zero-order valence-electron chi connectivity index (χ0n) is 18.5. The van der Waals surface area contributed by atoms with Gasteiger partial charge in [-0.15, -0.1) is 24.0 Å². The fourth-order valence-corrected chi connectivity index (χ4v) is 3.76. The van der Waals surface area contributed by atoms with Gasteiger partial charge >= 0.3 is 0 Å². The molecule has 0 amide bonds. The van der Waals surface area contributed by atoms with Gasteiger partial charge in [0.05, 0.1) is 17.4 Å². The van der Waals surface area contributed by atoms with Crippen LogP contribution in [-0.2, 0) is 19.6 Å². The van der Waals surface area contributed by atoms with Crippen molar-refractivity contribution in [1.29, 1.82) is 0 Å². The van der Waals surface area contributed by atoms with Gasteiger partial charge in [-0.3, -0.25) is 4.99 Å². The Morgan fingerprint density at radius 3 is 2.72 bits per heavy atom. The number of nitrogens with one attached hydrogen (secondary N) is 2. The second-order valence-corrected chi connectivity index (χ2v) is 7.56. The van der Waals surface area contributed by atoms with Gasteiger partial charge in [0.25, 0.3) is 0 Å². The van der Waals surface area contributed by atoms with Gasteiger partial charge in [-0.25, -0.2) is 9.97 Å². The summed E-state index contributed by atoms with van der Waals surface area (Å²) in [6, 6.07) is 16.9. The van der Waals surface area contributed by atoms with E-state index in [9.17, 15) is 0 Å². The Hall–Kier alpha value is -2.88. The highest BCUT2D eigenvalue weighted by Gasteiger charge is 2.06. The number of rotatable bonds is 8. The molecule has 4 rings (SSSR count). The molecule has 0 spiro atoms. The van der Waals surface area contributed by atoms with E-state index in [0.29, 0.717) is 0 Å². The van der Waals surface area contributed by atoms with E-state index < -0.39 is 0 Å². The summed E-state index contributed by atoms with van der Waals surface area (Å²) in [5.74, 6) is 1.87. The number of aliphatic imine (C=N–C) groups is 1. The van der Waals surface area contributed by atoms with Crippen LogP contribution in [0.15, 0.2) is 72.2 Å². The van der Waals surface area contributed by atoms with Gasteiger partial charge < -0.3 is 19.8 Å². The van der Waals surface area contributed by atoms with Gasteiger partial charge in [-0.2, -0.15) is 0 Å². The summed E-state index contributed by atoms with van der Waals surface area (Å²) in [5, 5.41) is 6.82. The first kappa shape index (κ1) is 23.8. The molecule has 2 heterocycles. The number of para-hydroxylation sites is 2. The molecule has 4 aromatic rings. The highest BCUT2D eigenvalue weighted by Crippen LogP contribution is 2.15. The van der Waals surface area contributed by atoms with Crippen molar-refractivity contribution in [1.82, 2.24) is 29.7 Å². The van der Waals surface area contributed by atoms with Gasteiger partial charge in [0, 0.05) is 45.6 Å². The minimum atomic E-state index is 0. The average Bonchev–Trinajstić information content (AvgIpc) is 3.40. The van der Waals surface area contributed by atoms with Crippen molar-refractivity contribution >= 4 is 41.0 Å². The monoisotopic (exact) mass is 543 g/mol. The lowest BCUT2D eigenvalue weighted by Crippen LogP contribution is -2.37. The van der Waals surface area contributed by atoms with Gasteiger partial charge in [0.1, 0.15) is 5.82 Å². The summed E-state index contributed by atoms with van der Waals surface area (Å²) in [4.78, 5) is 13.1. The van der Waals surface area contributed by atoms with Crippen LogP contribution >= 0.6 is 24.0 Å². The van der Waals surface area contributed by atoms with Crippen molar-refractivity contribution in [2.75, 3.05) is 13.6 Å². The topological polar surface area (TPSA) is 72.1 Å². The van der Waals surface area contributed by atoms with Crippen molar-refractivity contribution < 1.29 is 0 Å². The summed E-state index contributed by atoms with van der Waals surface area (Å²) in [7, 11) is 1.80. The van der Waals surface area contributed by atoms with Crippen molar-refractivity contribution in [3.05, 3.63) is 84.2 Å². The third-order valence-electron chi connectivity index (χ3n) is 5.30. The number of aromatic nitrogens is 4. The van der Waals surface area contributed by atoms with Crippen LogP contribution in [0.2, 0.25) is 0 Å². The van der Waals surface area contributed by atoms with Crippen molar-refractivity contribution in [2.45, 2.75) is 33.0 Å². The number of imidazole rings is 2. The van der Waals surface area contributed by atoms with E-state index in [1.165, 1.54) is 16.6 Å². The number of aryl methyl sites for hydroxylation is 2. The molecule has 0 saturated heterocycles. The third kappa shape index (κ3) is 6.09. The number of fused-ring (bicyclic) bond motifs is 1. The standard InChI is InChI=1S/C24H29N7.HI/c1-19-29-22-9-3-4-10-23(22)31(19)13-6-11-27-24(25-2)28-16-20-7-5-8-21(15-20)17-30-14-12-26-18-30;/h3-5,7-10,12,14-15,18H,6,11,13,16-17H2,1-2H3,(H2,25,27,28);1H. The molecule has 0 bridgehead atoms. The molecule has 0 aliphatic heterocycles. The molecular weight excluding hydrogens is 513 g/mol. The Morgan fingerprint density at radius 1 is 1.06 bits per heavy atom. The number of hydrogen-bond acceptors (Lipinski definition) is 3. The number of nitrogens with zero attached hydrogens (tertiary/aromatic N) is 5. The first-order valence-corrected chi connectivity index (χ1v) is 10.6. The molecule has 8 heteroatoms. The maximum absolute atomic E-state index is 4.64. The van der Waals surface area contributed by atoms with E-state index in [2.05, 4.69) is 84.1 Å². The van der Waals surface area contributed by atoms with Crippen molar-refractivity contribution in [3.63, 3.8) is 0 Å². The van der Waals surface area contributed by atoms with Crippen LogP contribution < -0.4 is 10.6 Å². The average molecular weight is 543 g/mol. The summed E-state index contributed by atoms with van der Waals surface area (Å²) in [6.45, 7) is 5.37. The fourth-order valence-electron chi connectivity index (χ4n) is 3.76. The summed E-state index contributed by atoms with van der Waals surface area (Å²) in [5.41, 5.74) is 4.73. The largest absolute Gasteiger partial charge is 0.356 e.